The van der Waals surface area contributed by atoms with Crippen molar-refractivity contribution in [3.8, 4) is 22.8 Å². The molecule has 6 nitrogen and oxygen atoms in total. The third-order valence-corrected chi connectivity index (χ3v) is 6.28. The number of benzene rings is 2. The number of hydrogen-bond acceptors (Lipinski definition) is 5. The van der Waals surface area contributed by atoms with E-state index in [0.29, 0.717) is 27.8 Å². The molecule has 4 rings (SSSR count). The number of methoxy groups -OCH3 is 1. The first-order valence-electron chi connectivity index (χ1n) is 9.92. The van der Waals surface area contributed by atoms with Gasteiger partial charge in [0.1, 0.15) is 5.75 Å². The lowest BCUT2D eigenvalue weighted by atomic mass is 10.2. The largest absolute Gasteiger partial charge is 0.497 e. The summed E-state index contributed by atoms with van der Waals surface area (Å²) >= 11 is 7.45. The predicted octanol–water partition coefficient (Wildman–Crippen LogP) is 4.75. The van der Waals surface area contributed by atoms with Crippen LogP contribution < -0.4 is 10.1 Å². The SMILES string of the molecule is COc1cccc(-c2nnc(SCC(=O)NC3CCCC3)n2-c2ccc(Cl)cc2)c1. The average molecular weight is 443 g/mol. The third kappa shape index (κ3) is 4.79. The summed E-state index contributed by atoms with van der Waals surface area (Å²) in [4.78, 5) is 12.4. The van der Waals surface area contributed by atoms with Gasteiger partial charge >= 0.3 is 0 Å². The lowest BCUT2D eigenvalue weighted by Crippen LogP contribution is -2.33. The minimum absolute atomic E-state index is 0.0282. The predicted molar refractivity (Wildman–Crippen MR) is 119 cm³/mol. The Morgan fingerprint density at radius 2 is 1.97 bits per heavy atom. The van der Waals surface area contributed by atoms with Gasteiger partial charge in [-0.3, -0.25) is 9.36 Å². The molecule has 0 spiro atoms. The molecule has 8 heteroatoms. The van der Waals surface area contributed by atoms with Gasteiger partial charge in [0, 0.05) is 22.3 Å². The van der Waals surface area contributed by atoms with Crippen LogP contribution in [-0.2, 0) is 4.79 Å². The highest BCUT2D eigenvalue weighted by Crippen LogP contribution is 2.30. The number of aromatic nitrogens is 3. The molecule has 0 unspecified atom stereocenters. The van der Waals surface area contributed by atoms with E-state index in [2.05, 4.69) is 15.5 Å². The van der Waals surface area contributed by atoms with E-state index in [0.717, 1.165) is 29.8 Å². The van der Waals surface area contributed by atoms with Crippen LogP contribution in [0.1, 0.15) is 25.7 Å². The van der Waals surface area contributed by atoms with E-state index in [9.17, 15) is 4.79 Å². The van der Waals surface area contributed by atoms with Gasteiger partial charge in [0.2, 0.25) is 5.91 Å². The van der Waals surface area contributed by atoms with Crippen molar-refractivity contribution in [2.45, 2.75) is 36.9 Å². The molecule has 1 saturated carbocycles. The molecule has 1 heterocycles. The zero-order chi connectivity index (χ0) is 20.9. The van der Waals surface area contributed by atoms with E-state index in [1.165, 1.54) is 24.6 Å². The van der Waals surface area contributed by atoms with Gasteiger partial charge in [0.25, 0.3) is 0 Å². The van der Waals surface area contributed by atoms with Gasteiger partial charge in [0.05, 0.1) is 12.9 Å². The first-order valence-corrected chi connectivity index (χ1v) is 11.3. The number of carbonyl (C=O) groups is 1. The normalized spacial score (nSPS) is 14.1. The summed E-state index contributed by atoms with van der Waals surface area (Å²) in [5.41, 5.74) is 1.75. The molecule has 1 fully saturated rings. The second-order valence-electron chi connectivity index (χ2n) is 7.19. The molecule has 1 aromatic heterocycles. The van der Waals surface area contributed by atoms with Crippen LogP contribution in [0.3, 0.4) is 0 Å². The summed E-state index contributed by atoms with van der Waals surface area (Å²) in [5.74, 6) is 1.74. The Hall–Kier alpha value is -2.51. The summed E-state index contributed by atoms with van der Waals surface area (Å²) in [6, 6.07) is 15.5. The zero-order valence-electron chi connectivity index (χ0n) is 16.7. The molecule has 3 aromatic rings. The quantitative estimate of drug-likeness (QED) is 0.535. The number of halogens is 1. The summed E-state index contributed by atoms with van der Waals surface area (Å²) in [5, 5.41) is 13.2. The minimum atomic E-state index is 0.0282. The molecule has 156 valence electrons. The smallest absolute Gasteiger partial charge is 0.230 e. The van der Waals surface area contributed by atoms with E-state index in [4.69, 9.17) is 16.3 Å². The summed E-state index contributed by atoms with van der Waals surface area (Å²) in [6.07, 6.45) is 4.51. The number of ether oxygens (including phenoxy) is 1. The lowest BCUT2D eigenvalue weighted by molar-refractivity contribution is -0.119. The Labute approximate surface area is 185 Å². The first kappa shape index (κ1) is 20.8. The average Bonchev–Trinajstić information content (AvgIpc) is 3.43. The van der Waals surface area contributed by atoms with E-state index < -0.39 is 0 Å². The van der Waals surface area contributed by atoms with Crippen LogP contribution in [0.4, 0.5) is 0 Å². The number of nitrogens with one attached hydrogen (secondary N) is 1. The van der Waals surface area contributed by atoms with Gasteiger partial charge < -0.3 is 10.1 Å². The fraction of sp³-hybridized carbons (Fsp3) is 0.318. The van der Waals surface area contributed by atoms with E-state index in [-0.39, 0.29) is 5.91 Å². The molecule has 0 aliphatic heterocycles. The zero-order valence-corrected chi connectivity index (χ0v) is 18.2. The molecular formula is C22H23ClN4O2S. The minimum Gasteiger partial charge on any atom is -0.497 e. The van der Waals surface area contributed by atoms with E-state index >= 15 is 0 Å². The fourth-order valence-corrected chi connectivity index (χ4v) is 4.49. The van der Waals surface area contributed by atoms with E-state index in [1.54, 1.807) is 7.11 Å². The second kappa shape index (κ2) is 9.53. The van der Waals surface area contributed by atoms with Gasteiger partial charge in [-0.15, -0.1) is 10.2 Å². The molecule has 1 amide bonds. The molecule has 1 N–H and O–H groups in total. The van der Waals surface area contributed by atoms with Gasteiger partial charge in [-0.05, 0) is 49.2 Å². The van der Waals surface area contributed by atoms with Gasteiger partial charge in [-0.25, -0.2) is 0 Å². The summed E-state index contributed by atoms with van der Waals surface area (Å²) < 4.78 is 7.30. The Morgan fingerprint density at radius 1 is 1.20 bits per heavy atom. The molecule has 0 bridgehead atoms. The number of carbonyl (C=O) groups excluding carboxylic acids is 1. The van der Waals surface area contributed by atoms with Gasteiger partial charge in [-0.2, -0.15) is 0 Å². The molecule has 2 aromatic carbocycles. The highest BCUT2D eigenvalue weighted by Gasteiger charge is 2.20. The van der Waals surface area contributed by atoms with Crippen molar-refractivity contribution >= 4 is 29.3 Å². The number of nitrogens with zero attached hydrogens (tertiary/aromatic N) is 3. The van der Waals surface area contributed by atoms with Crippen molar-refractivity contribution in [1.82, 2.24) is 20.1 Å². The highest BCUT2D eigenvalue weighted by molar-refractivity contribution is 7.99. The molecule has 0 radical (unpaired) electrons. The standard InChI is InChI=1S/C22H23ClN4O2S/c1-29-19-8-4-5-15(13-19)21-25-26-22(27(21)18-11-9-16(23)10-12-18)30-14-20(28)24-17-6-2-3-7-17/h4-5,8-13,17H,2-3,6-7,14H2,1H3,(H,24,28). The molecule has 1 aliphatic rings. The second-order valence-corrected chi connectivity index (χ2v) is 8.57. The molecule has 0 saturated heterocycles. The highest BCUT2D eigenvalue weighted by atomic mass is 35.5. The number of amides is 1. The topological polar surface area (TPSA) is 69.0 Å². The van der Waals surface area contributed by atoms with Crippen molar-refractivity contribution in [2.24, 2.45) is 0 Å². The van der Waals surface area contributed by atoms with Crippen LogP contribution in [0.5, 0.6) is 5.75 Å². The number of rotatable bonds is 7. The van der Waals surface area contributed by atoms with Crippen molar-refractivity contribution < 1.29 is 9.53 Å². The van der Waals surface area contributed by atoms with Crippen LogP contribution in [0.25, 0.3) is 17.1 Å². The molecule has 0 atom stereocenters. The summed E-state index contributed by atoms with van der Waals surface area (Å²) in [6.45, 7) is 0. The first-order chi connectivity index (χ1) is 14.6. The van der Waals surface area contributed by atoms with Crippen LogP contribution in [0, 0.1) is 0 Å². The Kier molecular flexibility index (Phi) is 6.59. The van der Waals surface area contributed by atoms with Crippen molar-refractivity contribution in [3.63, 3.8) is 0 Å². The Morgan fingerprint density at radius 3 is 2.70 bits per heavy atom. The number of thioether (sulfide) groups is 1. The Balaban J connectivity index is 1.62. The van der Waals surface area contributed by atoms with Crippen LogP contribution in [-0.4, -0.2) is 39.6 Å². The Bertz CT molecular complexity index is 1020. The fourth-order valence-electron chi connectivity index (χ4n) is 3.61. The maximum Gasteiger partial charge on any atom is 0.230 e. The maximum atomic E-state index is 12.4. The molecular weight excluding hydrogens is 420 g/mol. The van der Waals surface area contributed by atoms with Crippen molar-refractivity contribution in [2.75, 3.05) is 12.9 Å². The summed E-state index contributed by atoms with van der Waals surface area (Å²) in [7, 11) is 1.63. The maximum absolute atomic E-state index is 12.4. The van der Waals surface area contributed by atoms with Gasteiger partial charge in [0.15, 0.2) is 11.0 Å². The lowest BCUT2D eigenvalue weighted by Gasteiger charge is -2.13. The van der Waals surface area contributed by atoms with Gasteiger partial charge in [-0.1, -0.05) is 48.3 Å². The number of hydrogen-bond donors (Lipinski definition) is 1. The van der Waals surface area contributed by atoms with Crippen LogP contribution in [0.15, 0.2) is 53.7 Å². The van der Waals surface area contributed by atoms with Crippen LogP contribution in [0.2, 0.25) is 5.02 Å². The molecule has 30 heavy (non-hydrogen) atoms. The third-order valence-electron chi connectivity index (χ3n) is 5.10. The van der Waals surface area contributed by atoms with Crippen molar-refractivity contribution in [3.05, 3.63) is 53.6 Å². The van der Waals surface area contributed by atoms with Crippen molar-refractivity contribution in [1.29, 1.82) is 0 Å². The van der Waals surface area contributed by atoms with Crippen LogP contribution >= 0.6 is 23.4 Å². The molecule has 1 aliphatic carbocycles. The van der Waals surface area contributed by atoms with E-state index in [1.807, 2.05) is 53.1 Å². The monoisotopic (exact) mass is 442 g/mol.